The van der Waals surface area contributed by atoms with Crippen molar-refractivity contribution in [2.24, 2.45) is 51.8 Å². The largest absolute Gasteiger partial charge is 0.540 e. The number of nitrogens with one attached hydrogen (secondary N) is 3. The number of nitrogens with zero attached hydrogens (tertiary/aromatic N) is 9. The van der Waals surface area contributed by atoms with E-state index in [9.17, 15) is 69.5 Å². The van der Waals surface area contributed by atoms with E-state index in [1.165, 1.54) is 51.1 Å². The van der Waals surface area contributed by atoms with Crippen molar-refractivity contribution < 1.29 is 172 Å². The molecule has 3 saturated carbocycles. The number of hydrogen-bond acceptors (Lipinski definition) is 24. The van der Waals surface area contributed by atoms with Gasteiger partial charge in [-0.3, -0.25) is 14.4 Å². The number of halogens is 6. The Hall–Kier alpha value is -8.96. The van der Waals surface area contributed by atoms with Crippen molar-refractivity contribution in [1.82, 2.24) is 60.6 Å². The van der Waals surface area contributed by atoms with E-state index in [4.69, 9.17) is 43.4 Å². The molecule has 15 rings (SSSR count). The van der Waals surface area contributed by atoms with E-state index in [1.807, 2.05) is 88.1 Å². The molecule has 9 heterocycles. The number of carbonyl (C=O) groups is 6. The Balaban J connectivity index is 0.000000270. The van der Waals surface area contributed by atoms with Gasteiger partial charge in [0.05, 0.1) is 52.7 Å². The Labute approximate surface area is 804 Å². The summed E-state index contributed by atoms with van der Waals surface area (Å²) in [4.78, 5) is 150. The molecule has 39 heteroatoms. The van der Waals surface area contributed by atoms with E-state index in [0.717, 1.165) is 109 Å². The van der Waals surface area contributed by atoms with E-state index in [1.54, 1.807) is 39.0 Å². The molecule has 6 amide bonds. The first-order valence-corrected chi connectivity index (χ1v) is 44.9. The first-order valence-electron chi connectivity index (χ1n) is 44.9. The number of benzene rings is 3. The molecule has 6 aliphatic heterocycles. The van der Waals surface area contributed by atoms with Crippen LogP contribution < -0.4 is 44.4 Å². The standard InChI is InChI=1S/C32H41F2N4O6.C31H39F2N4O6.C30H37F2N4O6.3V.3H2/c1-18-24(17-39)38-16-26(18)43-28-22(35-21-14-13-20(42-30(33)34)15-23(21)36-28)11-7-5-6-9-19-10-8-12-25(19)44-31(41)37-27(29(38)40)32(2,3)4;1-17-23(16-38)37-15-24(17)42-26-21(34-20-12-11-19(41-28(32)33)13-22(20)35-26)10-8-6-7-9-18-14-31(18,5)43-29(40)36-25(27(37)39)30(2,3)4;1-16-22(15-37)36-14-24(16)41-26-20(33-19-11-10-18(40-28(31)32)13-21(19)34-26)9-7-5-6-8-17-12-23(17)42-29(39)35-25(27(36)38)30(2,3)4;;;;;;/h13-15,18-19,24-27,30H,5-12,16H2,1-4H3,(H,37,41);11-13,17-18,23-25,28H,6-10,14-15H2,1-5H3,(H,36,40);10-11,13,16-17,22-25,28H,5-9,12,14H2,1-4H3,(H,35,39);;;;3*1H/q3*-1;;;;;;/t18-,19+,24+,25+,26-,27+;17-,18+,23+,24-,25+,31+;16-,17+,22+,23+,24-,25+;;;;;;/m000....../s1. The fourth-order valence-electron chi connectivity index (χ4n) is 18.5. The number of aryl methyl sites for hydroxylation is 3. The third kappa shape index (κ3) is 25.8. The van der Waals surface area contributed by atoms with Gasteiger partial charge in [-0.1, -0.05) is 140 Å². The van der Waals surface area contributed by atoms with Crippen LogP contribution in [0.5, 0.6) is 34.9 Å². The summed E-state index contributed by atoms with van der Waals surface area (Å²) in [7, 11) is 0. The van der Waals surface area contributed by atoms with Crippen molar-refractivity contribution in [2.45, 2.75) is 311 Å². The number of hydrogen-bond donors (Lipinski definition) is 3. The van der Waals surface area contributed by atoms with Crippen molar-refractivity contribution in [3.05, 3.63) is 71.7 Å². The zero-order chi connectivity index (χ0) is 92.9. The second-order valence-electron chi connectivity index (χ2n) is 39.0. The molecule has 723 valence electrons. The molecule has 6 bridgehead atoms. The molecular formula is C93H123F6N12O18V3-3. The predicted molar refractivity (Wildman–Crippen MR) is 464 cm³/mol. The molecular weight excluding hydrogens is 1840 g/mol. The van der Waals surface area contributed by atoms with Crippen LogP contribution in [0.2, 0.25) is 0 Å². The van der Waals surface area contributed by atoms with Crippen molar-refractivity contribution in [2.75, 3.05) is 19.6 Å². The second-order valence-corrected chi connectivity index (χ2v) is 39.0. The Kier molecular flexibility index (Phi) is 35.6. The van der Waals surface area contributed by atoms with Crippen molar-refractivity contribution in [3.63, 3.8) is 0 Å². The Morgan fingerprint density at radius 1 is 0.409 bits per heavy atom. The minimum absolute atomic E-state index is 0. The molecule has 30 nitrogen and oxygen atoms in total. The minimum atomic E-state index is -2.98. The predicted octanol–water partition coefficient (Wildman–Crippen LogP) is 15.6. The number of carbonyl (C=O) groups excluding carboxylic acids is 9. The Morgan fingerprint density at radius 2 is 0.735 bits per heavy atom. The average molecular weight is 1960 g/mol. The summed E-state index contributed by atoms with van der Waals surface area (Å²) >= 11 is 0. The fraction of sp³-hybridized carbons (Fsp3) is 0.645. The number of aromatic nitrogens is 6. The number of amides is 6. The Morgan fingerprint density at radius 3 is 1.08 bits per heavy atom. The monoisotopic (exact) mass is 1960 g/mol. The molecule has 3 saturated heterocycles. The van der Waals surface area contributed by atoms with Gasteiger partial charge in [0.15, 0.2) is 0 Å². The number of alkyl carbamates (subject to hydrolysis) is 3. The molecule has 18 atom stereocenters. The topological polar surface area (TPSA) is 360 Å². The molecule has 0 spiro atoms. The molecule has 132 heavy (non-hydrogen) atoms. The van der Waals surface area contributed by atoms with E-state index in [0.29, 0.717) is 69.4 Å². The normalized spacial score (nSPS) is 28.7. The van der Waals surface area contributed by atoms with Gasteiger partial charge in [0, 0.05) is 84.1 Å². The van der Waals surface area contributed by atoms with Crippen LogP contribution >= 0.6 is 0 Å². The molecule has 3 aromatic carbocycles. The minimum Gasteiger partial charge on any atom is -0.540 e. The zero-order valence-corrected chi connectivity index (χ0v) is 80.7. The molecule has 0 unspecified atom stereocenters. The number of rotatable bonds is 9. The van der Waals surface area contributed by atoms with Gasteiger partial charge in [-0.2, -0.15) is 26.3 Å². The van der Waals surface area contributed by atoms with E-state index >= 15 is 0 Å². The van der Waals surface area contributed by atoms with Crippen LogP contribution in [0.4, 0.5) is 40.7 Å². The van der Waals surface area contributed by atoms with E-state index < -0.39 is 150 Å². The number of fused-ring (bicyclic) bond motifs is 15. The summed E-state index contributed by atoms with van der Waals surface area (Å²) in [5.41, 5.74) is 1.71. The zero-order valence-electron chi connectivity index (χ0n) is 76.5. The maximum Gasteiger partial charge on any atom is 0.408 e. The van der Waals surface area contributed by atoms with Gasteiger partial charge in [0.2, 0.25) is 35.4 Å². The quantitative estimate of drug-likeness (QED) is 0.0687. The van der Waals surface area contributed by atoms with Crippen LogP contribution in [0.25, 0.3) is 33.1 Å². The number of ether oxygens (including phenoxy) is 9. The van der Waals surface area contributed by atoms with Crippen LogP contribution in [0.3, 0.4) is 0 Å². The molecule has 3 radical (unpaired) electrons. The summed E-state index contributed by atoms with van der Waals surface area (Å²) in [6.45, 7) is 15.0. The maximum absolute atomic E-state index is 14.0. The summed E-state index contributed by atoms with van der Waals surface area (Å²) < 4.78 is 127. The van der Waals surface area contributed by atoms with Gasteiger partial charge in [-0.25, -0.2) is 63.1 Å². The van der Waals surface area contributed by atoms with Gasteiger partial charge < -0.3 is 87.7 Å². The Bertz CT molecular complexity index is 5100. The maximum atomic E-state index is 14.0. The van der Waals surface area contributed by atoms with Crippen LogP contribution in [-0.2, 0) is 118 Å². The molecule has 6 aromatic rings. The fourth-order valence-corrected chi connectivity index (χ4v) is 18.5. The van der Waals surface area contributed by atoms with Crippen LogP contribution in [-0.4, -0.2) is 211 Å². The van der Waals surface area contributed by atoms with Crippen LogP contribution in [0, 0.1) is 51.8 Å². The first kappa shape index (κ1) is 105. The SMILES string of the molecule is C[C@@H]1[C@@H]2CN(C(=O)[C@H](C(C)(C)C)NC(=O)O[C@@H]3CCC[C@H]3CCCCCc3nc4ccc(OC(F)F)cc4nc3O2)[C@@H]1[C-]=O.C[C@@H]1[C@@H]2CN(C(=O)[C@H](C(C)(C)C)NC(=O)O[C@@H]3C[C@H]3CCCCCc3nc4ccc(OC(F)F)cc4nc3O2)[C@@H]1[C-]=O.C[C@@H]1[C@@H]2CN(C(=O)[C@H](C(C)(C)C)NC(=O)O[C@]3(C)C[C@H]3CCCCCc3nc4ccc(OC(F)F)cc4nc3O2)[C@@H]1[C-]=O.[HH].[HH].[HH].[V].[V].[V]. The van der Waals surface area contributed by atoms with E-state index in [-0.39, 0.29) is 144 Å². The smallest absolute Gasteiger partial charge is 0.408 e. The summed E-state index contributed by atoms with van der Waals surface area (Å²) in [6, 6.07) is 7.53. The van der Waals surface area contributed by atoms with E-state index in [2.05, 4.69) is 45.1 Å². The number of alkyl halides is 6. The first-order chi connectivity index (χ1) is 61.2. The van der Waals surface area contributed by atoms with Crippen LogP contribution in [0.15, 0.2) is 54.6 Å². The summed E-state index contributed by atoms with van der Waals surface area (Å²) in [6.07, 6.45) is 18.5. The molecule has 9 aliphatic rings. The van der Waals surface area contributed by atoms with Crippen molar-refractivity contribution in [1.29, 1.82) is 0 Å². The third-order valence-corrected chi connectivity index (χ3v) is 26.3. The van der Waals surface area contributed by atoms with Gasteiger partial charge in [-0.05, 0) is 179 Å². The van der Waals surface area contributed by atoms with Crippen molar-refractivity contribution in [3.8, 4) is 34.9 Å². The van der Waals surface area contributed by atoms with Gasteiger partial charge in [0.1, 0.15) is 88.6 Å². The second kappa shape index (κ2) is 44.7. The third-order valence-electron chi connectivity index (χ3n) is 26.3. The van der Waals surface area contributed by atoms with Gasteiger partial charge in [0.25, 0.3) is 0 Å². The van der Waals surface area contributed by atoms with Gasteiger partial charge in [-0.15, -0.1) is 0 Å². The molecule has 3 N–H and O–H groups in total. The van der Waals surface area contributed by atoms with Crippen molar-refractivity contribution >= 4 is 88.0 Å². The molecule has 3 aromatic heterocycles. The van der Waals surface area contributed by atoms with Gasteiger partial charge >= 0.3 is 38.1 Å². The van der Waals surface area contributed by atoms with Crippen LogP contribution in [0.1, 0.15) is 221 Å². The molecule has 6 fully saturated rings. The average Bonchev–Trinajstić information content (AvgIpc) is 1.61. The summed E-state index contributed by atoms with van der Waals surface area (Å²) in [5.74, 6) is -1.35. The summed E-state index contributed by atoms with van der Waals surface area (Å²) in [5, 5.41) is 8.34. The molecule has 3 aliphatic carbocycles.